The van der Waals surface area contributed by atoms with Crippen molar-refractivity contribution in [3.63, 3.8) is 0 Å². The smallest absolute Gasteiger partial charge is 0.324 e. The van der Waals surface area contributed by atoms with E-state index in [4.69, 9.17) is 5.90 Å². The van der Waals surface area contributed by atoms with Crippen LogP contribution in [0.1, 0.15) is 41.3 Å². The number of pyridine rings is 1. The zero-order valence-corrected chi connectivity index (χ0v) is 16.7. The fourth-order valence-electron chi connectivity index (χ4n) is 3.45. The van der Waals surface area contributed by atoms with Crippen LogP contribution in [0.3, 0.4) is 0 Å². The van der Waals surface area contributed by atoms with Crippen molar-refractivity contribution < 1.29 is 19.2 Å². The van der Waals surface area contributed by atoms with Crippen molar-refractivity contribution in [2.75, 3.05) is 0 Å². The second-order valence-corrected chi connectivity index (χ2v) is 7.38. The van der Waals surface area contributed by atoms with Gasteiger partial charge in [0, 0.05) is 24.1 Å². The highest BCUT2D eigenvalue weighted by atomic mass is 16.7. The standard InChI is InChI=1S/C24H23N2O4/c1-17-4-3-5-21(16-17)24(2,13-10-22(27)30-25)23(28)20-8-6-18(7-9-20)19-11-14-26(29)15-12-19/h3-9,11-12,14-16H,1,10,13,25H2,2H3. The van der Waals surface area contributed by atoms with E-state index >= 15 is 0 Å². The molecule has 153 valence electrons. The number of rotatable bonds is 7. The Balaban J connectivity index is 1.93. The molecule has 2 aromatic carbocycles. The van der Waals surface area contributed by atoms with Gasteiger partial charge >= 0.3 is 5.97 Å². The molecule has 6 heteroatoms. The molecule has 0 aliphatic carbocycles. The summed E-state index contributed by atoms with van der Waals surface area (Å²) in [5.74, 6) is 4.28. The molecular weight excluding hydrogens is 380 g/mol. The molecule has 1 heterocycles. The first-order chi connectivity index (χ1) is 14.3. The van der Waals surface area contributed by atoms with Gasteiger partial charge in [-0.05, 0) is 42.5 Å². The Labute approximate surface area is 175 Å². The maximum Gasteiger partial charge on any atom is 0.324 e. The SMILES string of the molecule is [CH2]c1cccc(C(C)(CCC(=O)ON)C(=O)c2ccc(-c3cc[n+]([O-])cc3)cc2)c1. The van der Waals surface area contributed by atoms with Gasteiger partial charge in [-0.1, -0.05) is 48.5 Å². The van der Waals surface area contributed by atoms with Gasteiger partial charge in [-0.2, -0.15) is 10.6 Å². The van der Waals surface area contributed by atoms with Crippen LogP contribution in [0.15, 0.2) is 73.1 Å². The van der Waals surface area contributed by atoms with Crippen LogP contribution in [0.2, 0.25) is 0 Å². The van der Waals surface area contributed by atoms with Crippen molar-refractivity contribution in [2.24, 2.45) is 5.90 Å². The molecule has 3 rings (SSSR count). The minimum atomic E-state index is -0.954. The Bertz CT molecular complexity index is 1050. The Hall–Kier alpha value is -3.51. The van der Waals surface area contributed by atoms with Gasteiger partial charge in [0.25, 0.3) is 0 Å². The van der Waals surface area contributed by atoms with Crippen LogP contribution in [0.5, 0.6) is 0 Å². The first-order valence-electron chi connectivity index (χ1n) is 9.49. The monoisotopic (exact) mass is 403 g/mol. The van der Waals surface area contributed by atoms with Crippen LogP contribution in [0, 0.1) is 12.1 Å². The molecule has 1 aromatic heterocycles. The van der Waals surface area contributed by atoms with Gasteiger partial charge in [0.15, 0.2) is 18.2 Å². The third kappa shape index (κ3) is 4.55. The summed E-state index contributed by atoms with van der Waals surface area (Å²) in [5.41, 5.74) is 2.88. The van der Waals surface area contributed by atoms with Crippen LogP contribution in [-0.4, -0.2) is 11.8 Å². The first kappa shape index (κ1) is 21.2. The summed E-state index contributed by atoms with van der Waals surface area (Å²) in [5, 5.41) is 11.2. The molecule has 0 amide bonds. The number of hydrogen-bond donors (Lipinski definition) is 1. The van der Waals surface area contributed by atoms with E-state index in [-0.39, 0.29) is 18.6 Å². The second kappa shape index (κ2) is 8.88. The normalized spacial score (nSPS) is 12.8. The van der Waals surface area contributed by atoms with Crippen molar-refractivity contribution >= 4 is 11.8 Å². The number of nitrogens with zero attached hydrogens (tertiary/aromatic N) is 1. The van der Waals surface area contributed by atoms with E-state index in [1.54, 1.807) is 24.3 Å². The zero-order chi connectivity index (χ0) is 21.7. The zero-order valence-electron chi connectivity index (χ0n) is 16.7. The van der Waals surface area contributed by atoms with Gasteiger partial charge < -0.3 is 10.0 Å². The minimum Gasteiger partial charge on any atom is -0.619 e. The largest absolute Gasteiger partial charge is 0.619 e. The summed E-state index contributed by atoms with van der Waals surface area (Å²) in [6.45, 7) is 5.75. The molecule has 6 nitrogen and oxygen atoms in total. The molecule has 0 saturated heterocycles. The van der Waals surface area contributed by atoms with Gasteiger partial charge in [-0.3, -0.25) is 9.59 Å². The number of carbonyl (C=O) groups excluding carboxylic acids is 2. The van der Waals surface area contributed by atoms with E-state index in [1.807, 2.05) is 43.3 Å². The number of nitrogens with two attached hydrogens (primary N) is 1. The summed E-state index contributed by atoms with van der Waals surface area (Å²) in [6.07, 6.45) is 3.11. The fourth-order valence-corrected chi connectivity index (χ4v) is 3.45. The number of hydrogen-bond acceptors (Lipinski definition) is 5. The van der Waals surface area contributed by atoms with Crippen LogP contribution in [0.25, 0.3) is 11.1 Å². The van der Waals surface area contributed by atoms with Crippen LogP contribution in [0.4, 0.5) is 0 Å². The molecule has 0 fully saturated rings. The minimum absolute atomic E-state index is 0.0113. The Morgan fingerprint density at radius 3 is 2.30 bits per heavy atom. The van der Waals surface area contributed by atoms with E-state index in [0.717, 1.165) is 27.0 Å². The fraction of sp³-hybridized carbons (Fsp3) is 0.167. The molecule has 0 spiro atoms. The highest BCUT2D eigenvalue weighted by Gasteiger charge is 2.36. The van der Waals surface area contributed by atoms with Crippen LogP contribution >= 0.6 is 0 Å². The third-order valence-electron chi connectivity index (χ3n) is 5.31. The summed E-state index contributed by atoms with van der Waals surface area (Å²) in [7, 11) is 0. The Morgan fingerprint density at radius 1 is 1.07 bits per heavy atom. The number of Topliss-reactive ketones (excluding diaryl/α,β-unsaturated/α-hetero) is 1. The molecule has 0 saturated carbocycles. The molecule has 1 unspecified atom stereocenters. The van der Waals surface area contributed by atoms with E-state index in [2.05, 4.69) is 11.8 Å². The van der Waals surface area contributed by atoms with Gasteiger partial charge in [-0.15, -0.1) is 0 Å². The van der Waals surface area contributed by atoms with Gasteiger partial charge in [-0.25, -0.2) is 0 Å². The lowest BCUT2D eigenvalue weighted by Crippen LogP contribution is -2.34. The lowest BCUT2D eigenvalue weighted by Gasteiger charge is -2.29. The molecule has 3 aromatic rings. The maximum absolute atomic E-state index is 13.5. The maximum atomic E-state index is 13.5. The van der Waals surface area contributed by atoms with Gasteiger partial charge in [0.1, 0.15) is 0 Å². The molecule has 1 atom stereocenters. The second-order valence-electron chi connectivity index (χ2n) is 7.38. The van der Waals surface area contributed by atoms with Crippen molar-refractivity contribution in [1.82, 2.24) is 0 Å². The number of ketones is 1. The lowest BCUT2D eigenvalue weighted by atomic mass is 9.72. The van der Waals surface area contributed by atoms with Crippen LogP contribution < -0.4 is 10.6 Å². The van der Waals surface area contributed by atoms with E-state index in [1.165, 1.54) is 12.4 Å². The van der Waals surface area contributed by atoms with Crippen molar-refractivity contribution in [2.45, 2.75) is 25.2 Å². The highest BCUT2D eigenvalue weighted by Crippen LogP contribution is 2.34. The van der Waals surface area contributed by atoms with E-state index in [9.17, 15) is 14.8 Å². The topological polar surface area (TPSA) is 96.3 Å². The van der Waals surface area contributed by atoms with E-state index in [0.29, 0.717) is 5.56 Å². The third-order valence-corrected chi connectivity index (χ3v) is 5.31. The molecular formula is C24H23N2O4. The van der Waals surface area contributed by atoms with Crippen molar-refractivity contribution in [3.05, 3.63) is 102 Å². The van der Waals surface area contributed by atoms with E-state index < -0.39 is 11.4 Å². The molecule has 0 aliphatic rings. The Morgan fingerprint density at radius 2 is 1.70 bits per heavy atom. The summed E-state index contributed by atoms with van der Waals surface area (Å²) >= 11 is 0. The molecule has 2 N–H and O–H groups in total. The molecule has 1 radical (unpaired) electrons. The average Bonchev–Trinajstić information content (AvgIpc) is 2.77. The molecule has 0 aliphatic heterocycles. The molecule has 0 bridgehead atoms. The number of carbonyl (C=O) groups is 2. The van der Waals surface area contributed by atoms with Crippen LogP contribution in [-0.2, 0) is 15.0 Å². The van der Waals surface area contributed by atoms with Gasteiger partial charge in [0.05, 0.1) is 5.41 Å². The number of aromatic nitrogens is 1. The summed E-state index contributed by atoms with van der Waals surface area (Å²) in [4.78, 5) is 29.4. The predicted molar refractivity (Wildman–Crippen MR) is 113 cm³/mol. The molecule has 30 heavy (non-hydrogen) atoms. The lowest BCUT2D eigenvalue weighted by molar-refractivity contribution is -0.605. The summed E-state index contributed by atoms with van der Waals surface area (Å²) < 4.78 is 0.718. The van der Waals surface area contributed by atoms with Crippen molar-refractivity contribution in [1.29, 1.82) is 0 Å². The Kier molecular flexibility index (Phi) is 6.28. The predicted octanol–water partition coefficient (Wildman–Crippen LogP) is 3.51. The van der Waals surface area contributed by atoms with Crippen molar-refractivity contribution in [3.8, 4) is 11.1 Å². The highest BCUT2D eigenvalue weighted by molar-refractivity contribution is 6.04. The number of benzene rings is 2. The quantitative estimate of drug-likeness (QED) is 0.282. The average molecular weight is 403 g/mol. The first-order valence-corrected chi connectivity index (χ1v) is 9.49. The van der Waals surface area contributed by atoms with Gasteiger partial charge in [0.2, 0.25) is 0 Å². The summed E-state index contributed by atoms with van der Waals surface area (Å²) in [6, 6.07) is 18.0.